The van der Waals surface area contributed by atoms with Gasteiger partial charge in [-0.2, -0.15) is 0 Å². The molecule has 0 saturated carbocycles. The van der Waals surface area contributed by atoms with Crippen LogP contribution in [0.4, 0.5) is 8.78 Å². The number of likely N-dealkylation sites (tertiary alicyclic amines) is 1. The quantitative estimate of drug-likeness (QED) is 0.871. The molecule has 1 saturated heterocycles. The maximum Gasteiger partial charge on any atom is 0.278 e. The molecule has 1 N–H and O–H groups in total. The van der Waals surface area contributed by atoms with Crippen LogP contribution in [-0.2, 0) is 11.3 Å². The fraction of sp³-hybridized carbons (Fsp3) is 0.556. The average molecular weight is 350 g/mol. The van der Waals surface area contributed by atoms with Crippen molar-refractivity contribution in [3.63, 3.8) is 0 Å². The van der Waals surface area contributed by atoms with Gasteiger partial charge in [-0.15, -0.1) is 0 Å². The van der Waals surface area contributed by atoms with Gasteiger partial charge in [0.15, 0.2) is 0 Å². The molecule has 1 aliphatic rings. The molecule has 0 spiro atoms. The third-order valence-electron chi connectivity index (χ3n) is 4.79. The van der Waals surface area contributed by atoms with Crippen molar-refractivity contribution in [2.45, 2.75) is 45.2 Å². The van der Waals surface area contributed by atoms with Crippen LogP contribution in [0.5, 0.6) is 0 Å². The zero-order valence-corrected chi connectivity index (χ0v) is 14.4. The smallest absolute Gasteiger partial charge is 0.278 e. The first-order valence-corrected chi connectivity index (χ1v) is 8.82. The van der Waals surface area contributed by atoms with Crippen molar-refractivity contribution in [2.75, 3.05) is 19.6 Å². The average Bonchev–Trinajstić information content (AvgIpc) is 2.99. The van der Waals surface area contributed by atoms with Crippen molar-refractivity contribution in [1.29, 1.82) is 0 Å². The number of carbonyl (C=O) groups excluding carboxylic acids is 1. The lowest BCUT2D eigenvalue weighted by Crippen LogP contribution is -2.47. The van der Waals surface area contributed by atoms with Gasteiger partial charge in [-0.1, -0.05) is 6.92 Å². The lowest BCUT2D eigenvalue weighted by Gasteiger charge is -2.32. The summed E-state index contributed by atoms with van der Waals surface area (Å²) >= 11 is 0. The summed E-state index contributed by atoms with van der Waals surface area (Å²) < 4.78 is 28.0. The second kappa shape index (κ2) is 7.91. The zero-order chi connectivity index (χ0) is 17.8. The van der Waals surface area contributed by atoms with Gasteiger partial charge in [0.25, 0.3) is 6.43 Å². The van der Waals surface area contributed by atoms with Gasteiger partial charge in [0, 0.05) is 37.1 Å². The summed E-state index contributed by atoms with van der Waals surface area (Å²) in [7, 11) is 0. The van der Waals surface area contributed by atoms with E-state index >= 15 is 0 Å². The number of likely N-dealkylation sites (N-methyl/N-ethyl adjacent to an activating group) is 1. The number of pyridine rings is 1. The van der Waals surface area contributed by atoms with Gasteiger partial charge in [-0.25, -0.2) is 13.8 Å². The number of nitrogens with zero attached hydrogens (tertiary/aromatic N) is 3. The van der Waals surface area contributed by atoms with E-state index in [0.29, 0.717) is 11.0 Å². The summed E-state index contributed by atoms with van der Waals surface area (Å²) in [5.74, 6) is -0.0963. The molecule has 136 valence electrons. The van der Waals surface area contributed by atoms with Crippen molar-refractivity contribution in [1.82, 2.24) is 19.8 Å². The number of alkyl halides is 2. The minimum atomic E-state index is -2.59. The SMILES string of the molecule is CCN1CCC[C@@H](NC(=O)CCn2c(C(F)F)cc3cccnc32)C1. The molecule has 1 amide bonds. The fourth-order valence-electron chi connectivity index (χ4n) is 3.50. The number of fused-ring (bicyclic) bond motifs is 1. The van der Waals surface area contributed by atoms with E-state index in [1.807, 2.05) is 0 Å². The van der Waals surface area contributed by atoms with Crippen molar-refractivity contribution < 1.29 is 13.6 Å². The number of carbonyl (C=O) groups is 1. The molecule has 1 fully saturated rings. The Bertz CT molecular complexity index is 731. The fourth-order valence-corrected chi connectivity index (χ4v) is 3.50. The van der Waals surface area contributed by atoms with Crippen molar-refractivity contribution in [2.24, 2.45) is 0 Å². The summed E-state index contributed by atoms with van der Waals surface area (Å²) in [6, 6.07) is 5.07. The highest BCUT2D eigenvalue weighted by Crippen LogP contribution is 2.26. The highest BCUT2D eigenvalue weighted by Gasteiger charge is 2.21. The number of halogens is 2. The lowest BCUT2D eigenvalue weighted by atomic mass is 10.1. The van der Waals surface area contributed by atoms with E-state index in [-0.39, 0.29) is 30.6 Å². The Kier molecular flexibility index (Phi) is 5.63. The molecule has 3 rings (SSSR count). The summed E-state index contributed by atoms with van der Waals surface area (Å²) in [6.07, 6.45) is 1.20. The molecule has 0 aromatic carbocycles. The Morgan fingerprint density at radius 3 is 3.08 bits per heavy atom. The second-order valence-corrected chi connectivity index (χ2v) is 6.49. The number of aryl methyl sites for hydroxylation is 1. The standard InChI is InChI=1S/C18H24F2N4O/c1-2-23-9-4-6-14(12-23)22-16(25)7-10-24-15(17(19)20)11-13-5-3-8-21-18(13)24/h3,5,8,11,14,17H,2,4,6-7,9-10,12H2,1H3,(H,22,25)/t14-/m1/s1. The van der Waals surface area contributed by atoms with Crippen LogP contribution in [0.25, 0.3) is 11.0 Å². The summed E-state index contributed by atoms with van der Waals surface area (Å²) in [5, 5.41) is 3.71. The minimum absolute atomic E-state index is 0.0867. The Morgan fingerprint density at radius 2 is 2.32 bits per heavy atom. The molecular weight excluding hydrogens is 326 g/mol. The Balaban J connectivity index is 1.64. The van der Waals surface area contributed by atoms with Gasteiger partial charge in [0.05, 0.1) is 5.69 Å². The third kappa shape index (κ3) is 4.15. The Labute approximate surface area is 146 Å². The van der Waals surface area contributed by atoms with E-state index < -0.39 is 6.43 Å². The van der Waals surface area contributed by atoms with E-state index in [1.165, 1.54) is 10.6 Å². The number of aromatic nitrogens is 2. The number of piperidine rings is 1. The summed E-state index contributed by atoms with van der Waals surface area (Å²) in [4.78, 5) is 18.8. The van der Waals surface area contributed by atoms with Crippen LogP contribution in [0.15, 0.2) is 24.4 Å². The van der Waals surface area contributed by atoms with E-state index in [2.05, 4.69) is 22.1 Å². The van der Waals surface area contributed by atoms with Crippen LogP contribution in [0, 0.1) is 0 Å². The maximum absolute atomic E-state index is 13.3. The highest BCUT2D eigenvalue weighted by atomic mass is 19.3. The largest absolute Gasteiger partial charge is 0.352 e. The summed E-state index contributed by atoms with van der Waals surface area (Å²) in [6.45, 7) is 5.22. The Morgan fingerprint density at radius 1 is 1.48 bits per heavy atom. The number of hydrogen-bond donors (Lipinski definition) is 1. The van der Waals surface area contributed by atoms with Crippen LogP contribution in [-0.4, -0.2) is 46.0 Å². The number of nitrogens with one attached hydrogen (secondary N) is 1. The molecule has 1 atom stereocenters. The molecule has 2 aromatic heterocycles. The molecule has 5 nitrogen and oxygen atoms in total. The normalized spacial score (nSPS) is 18.8. The van der Waals surface area contributed by atoms with Crippen LogP contribution in [0.2, 0.25) is 0 Å². The van der Waals surface area contributed by atoms with Gasteiger partial charge in [-0.05, 0) is 44.1 Å². The number of rotatable bonds is 6. The van der Waals surface area contributed by atoms with E-state index in [9.17, 15) is 13.6 Å². The van der Waals surface area contributed by atoms with Gasteiger partial charge >= 0.3 is 0 Å². The van der Waals surface area contributed by atoms with Gasteiger partial charge < -0.3 is 14.8 Å². The van der Waals surface area contributed by atoms with Crippen LogP contribution in [0.1, 0.15) is 38.3 Å². The van der Waals surface area contributed by atoms with Crippen LogP contribution in [0.3, 0.4) is 0 Å². The first-order chi connectivity index (χ1) is 12.1. The molecule has 1 aliphatic heterocycles. The molecule has 3 heterocycles. The molecule has 0 unspecified atom stereocenters. The number of amides is 1. The molecule has 2 aromatic rings. The van der Waals surface area contributed by atoms with E-state index in [4.69, 9.17) is 0 Å². The van der Waals surface area contributed by atoms with Gasteiger partial charge in [0.2, 0.25) is 5.91 Å². The third-order valence-corrected chi connectivity index (χ3v) is 4.79. The second-order valence-electron chi connectivity index (χ2n) is 6.49. The maximum atomic E-state index is 13.3. The molecule has 0 bridgehead atoms. The van der Waals surface area contributed by atoms with Gasteiger partial charge in [0.1, 0.15) is 5.65 Å². The van der Waals surface area contributed by atoms with Crippen molar-refractivity contribution >= 4 is 16.9 Å². The highest BCUT2D eigenvalue weighted by molar-refractivity contribution is 5.79. The first kappa shape index (κ1) is 17.8. The van der Waals surface area contributed by atoms with Crippen LogP contribution < -0.4 is 5.32 Å². The molecule has 0 aliphatic carbocycles. The molecular formula is C18H24F2N4O. The van der Waals surface area contributed by atoms with E-state index in [1.54, 1.807) is 18.3 Å². The Hall–Kier alpha value is -2.02. The number of hydrogen-bond acceptors (Lipinski definition) is 3. The summed E-state index contributed by atoms with van der Waals surface area (Å²) in [5.41, 5.74) is 0.414. The van der Waals surface area contributed by atoms with Crippen LogP contribution >= 0.6 is 0 Å². The monoisotopic (exact) mass is 350 g/mol. The first-order valence-electron chi connectivity index (χ1n) is 8.82. The van der Waals surface area contributed by atoms with Gasteiger partial charge in [-0.3, -0.25) is 4.79 Å². The molecule has 7 heteroatoms. The minimum Gasteiger partial charge on any atom is -0.352 e. The topological polar surface area (TPSA) is 50.2 Å². The molecule has 0 radical (unpaired) electrons. The van der Waals surface area contributed by atoms with E-state index in [0.717, 1.165) is 32.5 Å². The predicted octanol–water partition coefficient (Wildman–Crippen LogP) is 2.96. The predicted molar refractivity (Wildman–Crippen MR) is 92.6 cm³/mol. The van der Waals surface area contributed by atoms with Crippen molar-refractivity contribution in [3.8, 4) is 0 Å². The lowest BCUT2D eigenvalue weighted by molar-refractivity contribution is -0.122. The zero-order valence-electron chi connectivity index (χ0n) is 14.4. The molecule has 25 heavy (non-hydrogen) atoms. The van der Waals surface area contributed by atoms with Crippen molar-refractivity contribution in [3.05, 3.63) is 30.1 Å².